The number of hydrogen-bond acceptors (Lipinski definition) is 4. The van der Waals surface area contributed by atoms with Crippen LogP contribution in [0.4, 0.5) is 17.6 Å². The first-order chi connectivity index (χ1) is 7.95. The zero-order chi connectivity index (χ0) is 13.1. The summed E-state index contributed by atoms with van der Waals surface area (Å²) in [6, 6.07) is 0. The molecule has 9 heteroatoms. The molecule has 0 unspecified atom stereocenters. The molecule has 0 fully saturated rings. The van der Waals surface area contributed by atoms with Crippen molar-refractivity contribution in [2.75, 3.05) is 13.7 Å². The van der Waals surface area contributed by atoms with Crippen LogP contribution in [-0.4, -0.2) is 34.9 Å². The molecule has 17 heavy (non-hydrogen) atoms. The summed E-state index contributed by atoms with van der Waals surface area (Å²) in [5.41, 5.74) is 5.26. The van der Waals surface area contributed by atoms with Crippen LogP contribution < -0.4 is 5.73 Å². The van der Waals surface area contributed by atoms with Gasteiger partial charge in [0.15, 0.2) is 0 Å². The van der Waals surface area contributed by atoms with Crippen LogP contribution >= 0.6 is 0 Å². The van der Waals surface area contributed by atoms with Crippen molar-refractivity contribution in [1.29, 1.82) is 0 Å². The smallest absolute Gasteiger partial charge is 0.365 e. The van der Waals surface area contributed by atoms with Gasteiger partial charge in [0.2, 0.25) is 5.82 Å². The lowest BCUT2D eigenvalue weighted by molar-refractivity contribution is -0.143. The number of ether oxygens (including phenoxy) is 1. The Bertz CT molecular complexity index is 368. The molecule has 5 nitrogen and oxygen atoms in total. The van der Waals surface area contributed by atoms with Crippen LogP contribution in [-0.2, 0) is 23.7 Å². The van der Waals surface area contributed by atoms with E-state index in [-0.39, 0.29) is 25.5 Å². The molecular weight excluding hydrogens is 244 g/mol. The van der Waals surface area contributed by atoms with E-state index in [0.29, 0.717) is 0 Å². The molecule has 0 saturated carbocycles. The molecule has 0 aliphatic carbocycles. The summed E-state index contributed by atoms with van der Waals surface area (Å²) in [4.78, 5) is 0. The maximum atomic E-state index is 13.2. The van der Waals surface area contributed by atoms with Crippen molar-refractivity contribution >= 4 is 0 Å². The van der Waals surface area contributed by atoms with Gasteiger partial charge in [0.25, 0.3) is 0 Å². The molecule has 0 spiro atoms. The number of hydrogen-bond donors (Lipinski definition) is 1. The van der Waals surface area contributed by atoms with E-state index >= 15 is 0 Å². The van der Waals surface area contributed by atoms with Crippen LogP contribution in [0.5, 0.6) is 0 Å². The van der Waals surface area contributed by atoms with E-state index in [9.17, 15) is 17.6 Å². The highest BCUT2D eigenvalue weighted by Crippen LogP contribution is 2.33. The minimum absolute atomic E-state index is 0.0115. The van der Waals surface area contributed by atoms with Gasteiger partial charge in [-0.25, -0.2) is 8.78 Å². The predicted molar refractivity (Wildman–Crippen MR) is 49.7 cm³/mol. The molecule has 0 aromatic carbocycles. The van der Waals surface area contributed by atoms with Gasteiger partial charge in [-0.15, -0.1) is 10.2 Å². The Kier molecular flexibility index (Phi) is 4.40. The SMILES string of the molecule is COCCn1c(CN)nnc1C(F)(F)C(F)F. The maximum absolute atomic E-state index is 13.2. The molecule has 0 bridgehead atoms. The second kappa shape index (κ2) is 5.41. The summed E-state index contributed by atoms with van der Waals surface area (Å²) in [5, 5.41) is 6.44. The van der Waals surface area contributed by atoms with E-state index in [2.05, 4.69) is 10.2 Å². The Morgan fingerprint density at radius 2 is 2.06 bits per heavy atom. The monoisotopic (exact) mass is 256 g/mol. The van der Waals surface area contributed by atoms with Gasteiger partial charge in [-0.3, -0.25) is 0 Å². The minimum Gasteiger partial charge on any atom is -0.383 e. The van der Waals surface area contributed by atoms with E-state index in [1.807, 2.05) is 0 Å². The third-order valence-electron chi connectivity index (χ3n) is 2.10. The lowest BCUT2D eigenvalue weighted by Gasteiger charge is -2.16. The van der Waals surface area contributed by atoms with Crippen LogP contribution in [0.15, 0.2) is 0 Å². The van der Waals surface area contributed by atoms with Crippen molar-refractivity contribution in [2.45, 2.75) is 25.4 Å². The molecule has 98 valence electrons. The van der Waals surface area contributed by atoms with Crippen molar-refractivity contribution in [3.05, 3.63) is 11.6 Å². The first-order valence-corrected chi connectivity index (χ1v) is 4.72. The number of methoxy groups -OCH3 is 1. The fourth-order valence-corrected chi connectivity index (χ4v) is 1.25. The van der Waals surface area contributed by atoms with Crippen LogP contribution in [0, 0.1) is 0 Å². The van der Waals surface area contributed by atoms with Crippen molar-refractivity contribution in [3.8, 4) is 0 Å². The highest BCUT2D eigenvalue weighted by atomic mass is 19.3. The van der Waals surface area contributed by atoms with E-state index < -0.39 is 18.2 Å². The molecule has 1 aromatic rings. The van der Waals surface area contributed by atoms with Crippen LogP contribution in [0.3, 0.4) is 0 Å². The van der Waals surface area contributed by atoms with Gasteiger partial charge in [0.1, 0.15) is 5.82 Å². The number of rotatable bonds is 6. The van der Waals surface area contributed by atoms with E-state index in [0.717, 1.165) is 4.57 Å². The zero-order valence-corrected chi connectivity index (χ0v) is 9.04. The Morgan fingerprint density at radius 3 is 2.53 bits per heavy atom. The Morgan fingerprint density at radius 1 is 1.41 bits per heavy atom. The van der Waals surface area contributed by atoms with Crippen molar-refractivity contribution in [2.24, 2.45) is 5.73 Å². The molecule has 0 aliphatic rings. The third kappa shape index (κ3) is 2.72. The number of alkyl halides is 4. The van der Waals surface area contributed by atoms with E-state index in [4.69, 9.17) is 10.5 Å². The van der Waals surface area contributed by atoms with Gasteiger partial charge in [-0.05, 0) is 0 Å². The molecule has 0 aliphatic heterocycles. The highest BCUT2D eigenvalue weighted by Gasteiger charge is 2.47. The minimum atomic E-state index is -4.35. The second-order valence-corrected chi connectivity index (χ2v) is 3.21. The Labute approximate surface area is 94.6 Å². The topological polar surface area (TPSA) is 66.0 Å². The molecule has 0 atom stereocenters. The summed E-state index contributed by atoms with van der Waals surface area (Å²) in [6.07, 6.45) is -3.85. The fourth-order valence-electron chi connectivity index (χ4n) is 1.25. The number of nitrogens with zero attached hydrogens (tertiary/aromatic N) is 3. The maximum Gasteiger partial charge on any atom is 0.365 e. The van der Waals surface area contributed by atoms with Gasteiger partial charge in [-0.2, -0.15) is 8.78 Å². The van der Waals surface area contributed by atoms with Gasteiger partial charge >= 0.3 is 12.3 Å². The summed E-state index contributed by atoms with van der Waals surface area (Å²) in [5.74, 6) is -5.43. The third-order valence-corrected chi connectivity index (χ3v) is 2.10. The summed E-state index contributed by atoms with van der Waals surface area (Å²) in [7, 11) is 1.36. The number of nitrogens with two attached hydrogens (primary N) is 1. The molecule has 1 heterocycles. The van der Waals surface area contributed by atoms with Crippen molar-refractivity contribution < 1.29 is 22.3 Å². The molecule has 1 rings (SSSR count). The predicted octanol–water partition coefficient (Wildman–Crippen LogP) is 0.740. The lowest BCUT2D eigenvalue weighted by atomic mass is 10.3. The van der Waals surface area contributed by atoms with Crippen molar-refractivity contribution in [1.82, 2.24) is 14.8 Å². The average Bonchev–Trinajstić information content (AvgIpc) is 2.69. The zero-order valence-electron chi connectivity index (χ0n) is 9.04. The summed E-state index contributed by atoms with van der Waals surface area (Å²) >= 11 is 0. The first kappa shape index (κ1) is 13.8. The Hall–Kier alpha value is -1.22. The standard InChI is InChI=1S/C8H12F4N4O/c1-17-3-2-16-5(4-13)14-15-7(16)8(11,12)6(9)10/h6H,2-4,13H2,1H3. The molecule has 0 amide bonds. The number of aromatic nitrogens is 3. The van der Waals surface area contributed by atoms with E-state index in [1.165, 1.54) is 7.11 Å². The molecule has 1 aromatic heterocycles. The summed E-state index contributed by atoms with van der Waals surface area (Å²) < 4.78 is 56.3. The molecule has 0 radical (unpaired) electrons. The molecular formula is C8H12F4N4O. The molecule has 2 N–H and O–H groups in total. The van der Waals surface area contributed by atoms with E-state index in [1.54, 1.807) is 0 Å². The Balaban J connectivity index is 3.10. The highest BCUT2D eigenvalue weighted by molar-refractivity contribution is 5.03. The second-order valence-electron chi connectivity index (χ2n) is 3.21. The van der Waals surface area contributed by atoms with Gasteiger partial charge in [0.05, 0.1) is 13.2 Å². The quantitative estimate of drug-likeness (QED) is 0.762. The van der Waals surface area contributed by atoms with Crippen LogP contribution in [0.2, 0.25) is 0 Å². The number of halogens is 4. The fraction of sp³-hybridized carbons (Fsp3) is 0.750. The summed E-state index contributed by atoms with van der Waals surface area (Å²) in [6.45, 7) is -0.166. The van der Waals surface area contributed by atoms with Gasteiger partial charge < -0.3 is 15.0 Å². The average molecular weight is 256 g/mol. The van der Waals surface area contributed by atoms with Crippen LogP contribution in [0.1, 0.15) is 11.6 Å². The lowest BCUT2D eigenvalue weighted by Crippen LogP contribution is -2.29. The van der Waals surface area contributed by atoms with Crippen molar-refractivity contribution in [3.63, 3.8) is 0 Å². The van der Waals surface area contributed by atoms with Gasteiger partial charge in [0, 0.05) is 13.7 Å². The van der Waals surface area contributed by atoms with Crippen LogP contribution in [0.25, 0.3) is 0 Å². The first-order valence-electron chi connectivity index (χ1n) is 4.72. The van der Waals surface area contributed by atoms with Gasteiger partial charge in [-0.1, -0.05) is 0 Å². The molecule has 0 saturated heterocycles. The largest absolute Gasteiger partial charge is 0.383 e. The normalized spacial score (nSPS) is 12.4.